The van der Waals surface area contributed by atoms with E-state index >= 15 is 0 Å². The van der Waals surface area contributed by atoms with Crippen molar-refractivity contribution in [3.05, 3.63) is 29.6 Å². The Morgan fingerprint density at radius 1 is 1.33 bits per heavy atom. The van der Waals surface area contributed by atoms with Gasteiger partial charge in [0.15, 0.2) is 0 Å². The van der Waals surface area contributed by atoms with E-state index in [1.54, 1.807) is 0 Å². The Bertz CT molecular complexity index is 477. The molecule has 0 aliphatic heterocycles. The van der Waals surface area contributed by atoms with Crippen molar-refractivity contribution in [2.45, 2.75) is 24.3 Å². The fraction of sp³-hybridized carbons (Fsp3) is 0.333. The number of aliphatic hydroxyl groups is 1. The van der Waals surface area contributed by atoms with Crippen molar-refractivity contribution in [2.75, 3.05) is 0 Å². The monoisotopic (exact) mass is 233 g/mol. The fourth-order valence-corrected chi connectivity index (χ4v) is 1.65. The predicted octanol–water partition coefficient (Wildman–Crippen LogP) is 0.701. The van der Waals surface area contributed by atoms with Crippen LogP contribution in [0.5, 0.6) is 0 Å². The summed E-state index contributed by atoms with van der Waals surface area (Å²) < 4.78 is 35.0. The molecule has 84 valence electrons. The van der Waals surface area contributed by atoms with Crippen LogP contribution in [0.4, 0.5) is 4.39 Å². The highest BCUT2D eigenvalue weighted by Crippen LogP contribution is 2.23. The summed E-state index contributed by atoms with van der Waals surface area (Å²) in [4.78, 5) is -0.348. The third kappa shape index (κ3) is 2.98. The minimum absolute atomic E-state index is 0.159. The molecule has 0 saturated carbocycles. The van der Waals surface area contributed by atoms with Crippen LogP contribution in [0, 0.1) is 5.82 Å². The Morgan fingerprint density at radius 3 is 2.27 bits per heavy atom. The molecule has 0 aromatic heterocycles. The van der Waals surface area contributed by atoms with Gasteiger partial charge < -0.3 is 5.11 Å². The number of halogens is 1. The zero-order chi connectivity index (χ0) is 11.9. The summed E-state index contributed by atoms with van der Waals surface area (Å²) in [5.74, 6) is -0.751. The maximum Gasteiger partial charge on any atom is 0.238 e. The van der Waals surface area contributed by atoms with Crippen LogP contribution in [0.3, 0.4) is 0 Å². The number of primary sulfonamides is 1. The molecular weight excluding hydrogens is 221 g/mol. The van der Waals surface area contributed by atoms with Crippen molar-refractivity contribution in [1.82, 2.24) is 0 Å². The number of sulfonamides is 1. The molecule has 15 heavy (non-hydrogen) atoms. The van der Waals surface area contributed by atoms with E-state index in [-0.39, 0.29) is 10.5 Å². The molecule has 4 nitrogen and oxygen atoms in total. The van der Waals surface area contributed by atoms with Gasteiger partial charge in [-0.05, 0) is 37.6 Å². The highest BCUT2D eigenvalue weighted by molar-refractivity contribution is 7.89. The van der Waals surface area contributed by atoms with Crippen LogP contribution in [-0.4, -0.2) is 13.5 Å². The molecule has 0 saturated heterocycles. The number of nitrogens with two attached hydrogens (primary N) is 1. The summed E-state index contributed by atoms with van der Waals surface area (Å²) in [6, 6.07) is 3.03. The van der Waals surface area contributed by atoms with E-state index in [0.29, 0.717) is 0 Å². The topological polar surface area (TPSA) is 80.4 Å². The Labute approximate surface area is 87.6 Å². The highest BCUT2D eigenvalue weighted by atomic mass is 32.2. The summed E-state index contributed by atoms with van der Waals surface area (Å²) in [7, 11) is -3.96. The fourth-order valence-electron chi connectivity index (χ4n) is 1.08. The molecule has 0 atom stereocenters. The van der Waals surface area contributed by atoms with Crippen molar-refractivity contribution >= 4 is 10.0 Å². The largest absolute Gasteiger partial charge is 0.386 e. The van der Waals surface area contributed by atoms with E-state index in [4.69, 9.17) is 5.14 Å². The molecule has 1 aromatic rings. The first-order valence-electron chi connectivity index (χ1n) is 4.17. The van der Waals surface area contributed by atoms with Gasteiger partial charge in [-0.15, -0.1) is 0 Å². The van der Waals surface area contributed by atoms with E-state index in [9.17, 15) is 17.9 Å². The number of benzene rings is 1. The van der Waals surface area contributed by atoms with Gasteiger partial charge in [0, 0.05) is 0 Å². The number of hydrogen-bond acceptors (Lipinski definition) is 3. The zero-order valence-corrected chi connectivity index (χ0v) is 9.18. The molecule has 0 heterocycles. The van der Waals surface area contributed by atoms with E-state index in [2.05, 4.69) is 0 Å². The second-order valence-corrected chi connectivity index (χ2v) is 5.34. The molecule has 0 fully saturated rings. The van der Waals surface area contributed by atoms with Gasteiger partial charge >= 0.3 is 0 Å². The normalized spacial score (nSPS) is 12.9. The molecule has 0 amide bonds. The summed E-state index contributed by atoms with van der Waals surface area (Å²) in [5.41, 5.74) is -1.16. The van der Waals surface area contributed by atoms with Gasteiger partial charge in [0.25, 0.3) is 0 Å². The second-order valence-electron chi connectivity index (χ2n) is 3.78. The summed E-state index contributed by atoms with van der Waals surface area (Å²) >= 11 is 0. The molecule has 0 unspecified atom stereocenters. The van der Waals surface area contributed by atoms with E-state index in [0.717, 1.165) is 18.2 Å². The van der Waals surface area contributed by atoms with Gasteiger partial charge in [-0.25, -0.2) is 17.9 Å². The Balaban J connectivity index is 3.43. The maximum atomic E-state index is 13.1. The Hall–Kier alpha value is -0.980. The van der Waals surface area contributed by atoms with Gasteiger partial charge in [0.1, 0.15) is 5.82 Å². The summed E-state index contributed by atoms with van der Waals surface area (Å²) in [6.07, 6.45) is 0. The summed E-state index contributed by atoms with van der Waals surface area (Å²) in [5, 5.41) is 14.5. The highest BCUT2D eigenvalue weighted by Gasteiger charge is 2.20. The van der Waals surface area contributed by atoms with Crippen molar-refractivity contribution in [1.29, 1.82) is 0 Å². The maximum absolute atomic E-state index is 13.1. The first kappa shape index (κ1) is 12.1. The predicted molar refractivity (Wildman–Crippen MR) is 53.0 cm³/mol. The van der Waals surface area contributed by atoms with Crippen LogP contribution in [0.15, 0.2) is 23.1 Å². The van der Waals surface area contributed by atoms with Crippen molar-refractivity contribution in [3.8, 4) is 0 Å². The van der Waals surface area contributed by atoms with E-state index in [1.807, 2.05) is 0 Å². The lowest BCUT2D eigenvalue weighted by Crippen LogP contribution is -2.18. The molecule has 1 aromatic carbocycles. The van der Waals surface area contributed by atoms with Crippen LogP contribution in [-0.2, 0) is 15.6 Å². The van der Waals surface area contributed by atoms with Crippen LogP contribution < -0.4 is 5.14 Å². The number of rotatable bonds is 2. The minimum Gasteiger partial charge on any atom is -0.386 e. The lowest BCUT2D eigenvalue weighted by atomic mass is 9.99. The second kappa shape index (κ2) is 3.55. The van der Waals surface area contributed by atoms with Crippen molar-refractivity contribution in [2.24, 2.45) is 5.14 Å². The first-order valence-corrected chi connectivity index (χ1v) is 5.71. The van der Waals surface area contributed by atoms with Gasteiger partial charge in [-0.2, -0.15) is 0 Å². The molecule has 6 heteroatoms. The zero-order valence-electron chi connectivity index (χ0n) is 8.36. The van der Waals surface area contributed by atoms with Crippen molar-refractivity contribution in [3.63, 3.8) is 0 Å². The first-order chi connectivity index (χ1) is 6.60. The molecule has 0 bridgehead atoms. The lowest BCUT2D eigenvalue weighted by molar-refractivity contribution is 0.0780. The van der Waals surface area contributed by atoms with Crippen molar-refractivity contribution < 1.29 is 17.9 Å². The molecular formula is C9H12FNO3S. The standard InChI is InChI=1S/C9H12FNO3S/c1-9(2,12)6-3-7(10)5-8(4-6)15(11,13)14/h3-5,12H,1-2H3,(H2,11,13,14). The molecule has 1 rings (SSSR count). The number of hydrogen-bond donors (Lipinski definition) is 2. The quantitative estimate of drug-likeness (QED) is 0.789. The van der Waals surface area contributed by atoms with Gasteiger partial charge in [0.05, 0.1) is 10.5 Å². The van der Waals surface area contributed by atoms with Crippen LogP contribution >= 0.6 is 0 Å². The SMILES string of the molecule is CC(C)(O)c1cc(F)cc(S(N)(=O)=O)c1. The van der Waals surface area contributed by atoms with E-state index < -0.39 is 21.4 Å². The molecule has 0 aliphatic rings. The van der Waals surface area contributed by atoms with Gasteiger partial charge in [-0.3, -0.25) is 0 Å². The van der Waals surface area contributed by atoms with E-state index in [1.165, 1.54) is 13.8 Å². The molecule has 0 radical (unpaired) electrons. The van der Waals surface area contributed by atoms with Gasteiger partial charge in [-0.1, -0.05) is 0 Å². The van der Waals surface area contributed by atoms with Gasteiger partial charge in [0.2, 0.25) is 10.0 Å². The van der Waals surface area contributed by atoms with Crippen LogP contribution in [0.2, 0.25) is 0 Å². The summed E-state index contributed by atoms with van der Waals surface area (Å²) in [6.45, 7) is 2.85. The minimum atomic E-state index is -3.96. The molecule has 3 N–H and O–H groups in total. The Morgan fingerprint density at radius 2 is 1.87 bits per heavy atom. The lowest BCUT2D eigenvalue weighted by Gasteiger charge is -2.18. The third-order valence-electron chi connectivity index (χ3n) is 1.91. The smallest absolute Gasteiger partial charge is 0.238 e. The average Bonchev–Trinajstić information content (AvgIpc) is 1.99. The van der Waals surface area contributed by atoms with Crippen LogP contribution in [0.1, 0.15) is 19.4 Å². The molecule has 0 spiro atoms. The average molecular weight is 233 g/mol. The third-order valence-corrected chi connectivity index (χ3v) is 2.80. The Kier molecular flexibility index (Phi) is 2.86. The van der Waals surface area contributed by atoms with Crippen LogP contribution in [0.25, 0.3) is 0 Å². The molecule has 0 aliphatic carbocycles.